The van der Waals surface area contributed by atoms with Gasteiger partial charge in [0.25, 0.3) is 5.56 Å². The van der Waals surface area contributed by atoms with Crippen LogP contribution in [-0.2, 0) is 22.5 Å². The zero-order valence-corrected chi connectivity index (χ0v) is 22.9. The summed E-state index contributed by atoms with van der Waals surface area (Å²) in [4.78, 5) is 48.7. The maximum absolute atomic E-state index is 13.5. The van der Waals surface area contributed by atoms with Crippen LogP contribution in [0.4, 0.5) is 5.82 Å². The number of aryl methyl sites for hydroxylation is 3. The molecular weight excluding hydrogens is 512 g/mol. The molecule has 10 heteroatoms. The standard InChI is InChI=1S/C30H36N4O6/c1-20-19-26(36)34(24-11-4-3-5-12-24)21(2)27(20)30(39)40-33(25(15-18-35)29(37)38)17-7-6-10-23-14-13-22-9-8-16-31-28(22)32-23/h3-5,11-14,19,25,35H,6-10,15-18H2,1-2H3,(H,31,32)(H,37,38)/t25-/m0/s1. The normalized spacial score (nSPS) is 13.4. The summed E-state index contributed by atoms with van der Waals surface area (Å²) in [7, 11) is 0. The number of hydroxylamine groups is 2. The molecule has 2 aromatic heterocycles. The molecule has 1 aliphatic rings. The van der Waals surface area contributed by atoms with E-state index in [2.05, 4.69) is 11.4 Å². The van der Waals surface area contributed by atoms with Crippen LogP contribution in [0.5, 0.6) is 0 Å². The van der Waals surface area contributed by atoms with Gasteiger partial charge in [-0.3, -0.25) is 14.2 Å². The number of carbonyl (C=O) groups is 2. The number of benzene rings is 1. The van der Waals surface area contributed by atoms with Gasteiger partial charge in [-0.05, 0) is 81.7 Å². The predicted molar refractivity (Wildman–Crippen MR) is 151 cm³/mol. The van der Waals surface area contributed by atoms with Gasteiger partial charge in [0.05, 0.1) is 5.56 Å². The first-order valence-electron chi connectivity index (χ1n) is 13.6. The number of pyridine rings is 2. The van der Waals surface area contributed by atoms with Crippen molar-refractivity contribution >= 4 is 17.8 Å². The van der Waals surface area contributed by atoms with E-state index in [4.69, 9.17) is 9.82 Å². The van der Waals surface area contributed by atoms with Crippen LogP contribution < -0.4 is 10.9 Å². The topological polar surface area (TPSA) is 134 Å². The minimum absolute atomic E-state index is 0.109. The Morgan fingerprint density at radius 3 is 2.65 bits per heavy atom. The number of anilines is 1. The van der Waals surface area contributed by atoms with E-state index in [1.807, 2.05) is 12.1 Å². The van der Waals surface area contributed by atoms with Crippen LogP contribution >= 0.6 is 0 Å². The van der Waals surface area contributed by atoms with Gasteiger partial charge in [-0.2, -0.15) is 0 Å². The Hall–Kier alpha value is -4.02. The van der Waals surface area contributed by atoms with Crippen LogP contribution in [0.15, 0.2) is 53.3 Å². The number of para-hydroxylation sites is 1. The molecule has 4 rings (SSSR count). The molecule has 0 bridgehead atoms. The number of aliphatic carboxylic acids is 1. The van der Waals surface area contributed by atoms with Crippen molar-refractivity contribution in [3.8, 4) is 5.69 Å². The monoisotopic (exact) mass is 548 g/mol. The summed E-state index contributed by atoms with van der Waals surface area (Å²) >= 11 is 0. The Morgan fingerprint density at radius 2 is 1.93 bits per heavy atom. The lowest BCUT2D eigenvalue weighted by atomic mass is 10.1. The highest BCUT2D eigenvalue weighted by atomic mass is 16.7. The van der Waals surface area contributed by atoms with Crippen LogP contribution in [0.2, 0.25) is 0 Å². The lowest BCUT2D eigenvalue weighted by Gasteiger charge is -2.27. The van der Waals surface area contributed by atoms with E-state index in [9.17, 15) is 24.6 Å². The Labute approximate surface area is 233 Å². The lowest BCUT2D eigenvalue weighted by Crippen LogP contribution is -2.44. The maximum atomic E-state index is 13.5. The van der Waals surface area contributed by atoms with Crippen LogP contribution in [0.3, 0.4) is 0 Å². The number of aliphatic hydroxyl groups is 1. The fourth-order valence-corrected chi connectivity index (χ4v) is 5.10. The molecule has 0 amide bonds. The fraction of sp³-hybridized carbons (Fsp3) is 0.400. The van der Waals surface area contributed by atoms with Crippen molar-refractivity contribution in [1.29, 1.82) is 0 Å². The highest BCUT2D eigenvalue weighted by molar-refractivity contribution is 5.92. The lowest BCUT2D eigenvalue weighted by molar-refractivity contribution is -0.174. The number of nitrogens with zero attached hydrogens (tertiary/aromatic N) is 3. The molecule has 10 nitrogen and oxygen atoms in total. The molecule has 3 N–H and O–H groups in total. The second-order valence-electron chi connectivity index (χ2n) is 9.98. The number of rotatable bonds is 12. The number of carboxylic acid groups (broad SMARTS) is 1. The van der Waals surface area contributed by atoms with Crippen LogP contribution in [-0.4, -0.2) is 62.5 Å². The number of aromatic nitrogens is 2. The second kappa shape index (κ2) is 13.4. The number of nitrogens with one attached hydrogen (secondary N) is 1. The number of carbonyl (C=O) groups excluding carboxylic acids is 1. The first-order valence-corrected chi connectivity index (χ1v) is 13.6. The molecular formula is C30H36N4O6. The average Bonchev–Trinajstić information content (AvgIpc) is 2.93. The number of aliphatic hydroxyl groups excluding tert-OH is 1. The molecule has 0 radical (unpaired) electrons. The number of fused-ring (bicyclic) bond motifs is 1. The van der Waals surface area contributed by atoms with Crippen LogP contribution in [0, 0.1) is 13.8 Å². The molecule has 3 aromatic rings. The number of unbranched alkanes of at least 4 members (excludes halogenated alkanes) is 1. The van der Waals surface area contributed by atoms with Crippen molar-refractivity contribution in [3.63, 3.8) is 0 Å². The molecule has 0 fully saturated rings. The van der Waals surface area contributed by atoms with Crippen molar-refractivity contribution in [3.05, 3.63) is 87.0 Å². The minimum Gasteiger partial charge on any atom is -0.480 e. The fourth-order valence-electron chi connectivity index (χ4n) is 5.10. The molecule has 0 aliphatic carbocycles. The summed E-state index contributed by atoms with van der Waals surface area (Å²) in [5, 5.41) is 23.8. The van der Waals surface area contributed by atoms with Crippen LogP contribution in [0.1, 0.15) is 58.6 Å². The van der Waals surface area contributed by atoms with Gasteiger partial charge >= 0.3 is 11.9 Å². The van der Waals surface area contributed by atoms with E-state index in [1.165, 1.54) is 16.2 Å². The summed E-state index contributed by atoms with van der Waals surface area (Å²) in [5.41, 5.74) is 3.48. The van der Waals surface area contributed by atoms with Gasteiger partial charge < -0.3 is 20.4 Å². The zero-order valence-electron chi connectivity index (χ0n) is 22.9. The molecule has 1 atom stereocenters. The molecule has 0 saturated heterocycles. The molecule has 0 saturated carbocycles. The Balaban J connectivity index is 1.51. The summed E-state index contributed by atoms with van der Waals surface area (Å²) in [6.07, 6.45) is 3.92. The number of carboxylic acids is 1. The van der Waals surface area contributed by atoms with Crippen molar-refractivity contribution in [2.24, 2.45) is 0 Å². The van der Waals surface area contributed by atoms with Gasteiger partial charge in [0.1, 0.15) is 11.9 Å². The SMILES string of the molecule is Cc1cc(=O)n(-c2ccccc2)c(C)c1C(=O)ON(CCCCc1ccc2c(n1)NCCC2)[C@@H](CCO)C(=O)O. The van der Waals surface area contributed by atoms with E-state index < -0.39 is 18.0 Å². The van der Waals surface area contributed by atoms with Crippen molar-refractivity contribution < 1.29 is 24.6 Å². The Kier molecular flexibility index (Phi) is 9.68. The van der Waals surface area contributed by atoms with Gasteiger partial charge in [-0.15, -0.1) is 5.06 Å². The summed E-state index contributed by atoms with van der Waals surface area (Å²) in [6, 6.07) is 13.2. The van der Waals surface area contributed by atoms with Gasteiger partial charge in [-0.25, -0.2) is 9.78 Å². The summed E-state index contributed by atoms with van der Waals surface area (Å²) in [5.74, 6) is -1.03. The summed E-state index contributed by atoms with van der Waals surface area (Å²) in [6.45, 7) is 3.99. The first kappa shape index (κ1) is 29.0. The number of hydrogen-bond donors (Lipinski definition) is 3. The van der Waals surface area contributed by atoms with Crippen molar-refractivity contribution in [1.82, 2.24) is 14.6 Å². The van der Waals surface area contributed by atoms with Gasteiger partial charge in [0.2, 0.25) is 0 Å². The third-order valence-electron chi connectivity index (χ3n) is 7.12. The summed E-state index contributed by atoms with van der Waals surface area (Å²) < 4.78 is 1.43. The van der Waals surface area contributed by atoms with E-state index in [-0.39, 0.29) is 30.7 Å². The molecule has 1 aliphatic heterocycles. The van der Waals surface area contributed by atoms with E-state index >= 15 is 0 Å². The molecule has 0 unspecified atom stereocenters. The Morgan fingerprint density at radius 1 is 1.15 bits per heavy atom. The first-order chi connectivity index (χ1) is 19.3. The Bertz CT molecular complexity index is 1410. The highest BCUT2D eigenvalue weighted by Crippen LogP contribution is 2.21. The van der Waals surface area contributed by atoms with Crippen LogP contribution in [0.25, 0.3) is 5.69 Å². The second-order valence-corrected chi connectivity index (χ2v) is 9.98. The van der Waals surface area contributed by atoms with Gasteiger partial charge in [0, 0.05) is 42.8 Å². The van der Waals surface area contributed by atoms with Crippen molar-refractivity contribution in [2.75, 3.05) is 25.0 Å². The largest absolute Gasteiger partial charge is 0.480 e. The molecule has 1 aromatic carbocycles. The zero-order chi connectivity index (χ0) is 28.6. The number of hydrogen-bond acceptors (Lipinski definition) is 8. The maximum Gasteiger partial charge on any atom is 0.359 e. The smallest absolute Gasteiger partial charge is 0.359 e. The van der Waals surface area contributed by atoms with E-state index in [0.29, 0.717) is 36.2 Å². The molecule has 212 valence electrons. The third-order valence-corrected chi connectivity index (χ3v) is 7.12. The molecule has 40 heavy (non-hydrogen) atoms. The van der Waals surface area contributed by atoms with E-state index in [1.54, 1.807) is 38.1 Å². The minimum atomic E-state index is -1.22. The predicted octanol–water partition coefficient (Wildman–Crippen LogP) is 3.44. The third kappa shape index (κ3) is 6.75. The quantitative estimate of drug-likeness (QED) is 0.230. The molecule has 3 heterocycles. The van der Waals surface area contributed by atoms with E-state index in [0.717, 1.165) is 36.0 Å². The molecule has 0 spiro atoms. The van der Waals surface area contributed by atoms with Gasteiger partial charge in [-0.1, -0.05) is 24.3 Å². The van der Waals surface area contributed by atoms with Gasteiger partial charge in [0.15, 0.2) is 0 Å². The average molecular weight is 549 g/mol. The van der Waals surface area contributed by atoms with Crippen molar-refractivity contribution in [2.45, 2.75) is 58.4 Å². The highest BCUT2D eigenvalue weighted by Gasteiger charge is 2.30.